The van der Waals surface area contributed by atoms with Crippen LogP contribution in [-0.4, -0.2) is 23.7 Å². The lowest BCUT2D eigenvalue weighted by Crippen LogP contribution is -2.01. The van der Waals surface area contributed by atoms with Crippen molar-refractivity contribution in [2.75, 3.05) is 6.61 Å². The number of esters is 1. The summed E-state index contributed by atoms with van der Waals surface area (Å²) in [5, 5.41) is 8.97. The molecule has 1 aromatic carbocycles. The van der Waals surface area contributed by atoms with E-state index < -0.39 is 5.97 Å². The fourth-order valence-corrected chi connectivity index (χ4v) is 1.59. The van der Waals surface area contributed by atoms with E-state index >= 15 is 0 Å². The SMILES string of the molecule is CCOC(=O)CC=Cc1ccc(C(=O)O)c(Cl)c1. The average molecular weight is 269 g/mol. The average Bonchev–Trinajstić information content (AvgIpc) is 2.29. The maximum atomic E-state index is 11.1. The predicted octanol–water partition coefficient (Wildman–Crippen LogP) is 3.00. The first-order valence-corrected chi connectivity index (χ1v) is 5.77. The van der Waals surface area contributed by atoms with E-state index in [0.717, 1.165) is 5.56 Å². The zero-order valence-corrected chi connectivity index (χ0v) is 10.6. The van der Waals surface area contributed by atoms with E-state index in [9.17, 15) is 9.59 Å². The fourth-order valence-electron chi connectivity index (χ4n) is 1.32. The second-order valence-corrected chi connectivity index (χ2v) is 3.86. The van der Waals surface area contributed by atoms with E-state index in [1.807, 2.05) is 0 Å². The lowest BCUT2D eigenvalue weighted by molar-refractivity contribution is -0.142. The molecule has 18 heavy (non-hydrogen) atoms. The molecule has 0 bridgehead atoms. The fraction of sp³-hybridized carbons (Fsp3) is 0.231. The van der Waals surface area contributed by atoms with Gasteiger partial charge in [-0.15, -0.1) is 0 Å². The highest BCUT2D eigenvalue weighted by Crippen LogP contribution is 2.18. The van der Waals surface area contributed by atoms with Crippen LogP contribution in [0.1, 0.15) is 29.3 Å². The van der Waals surface area contributed by atoms with Gasteiger partial charge in [0.2, 0.25) is 0 Å². The summed E-state index contributed by atoms with van der Waals surface area (Å²) in [6, 6.07) is 4.58. The summed E-state index contributed by atoms with van der Waals surface area (Å²) in [5.74, 6) is -1.37. The number of carbonyl (C=O) groups excluding carboxylic acids is 1. The molecule has 0 fully saturated rings. The van der Waals surface area contributed by atoms with E-state index in [-0.39, 0.29) is 23.0 Å². The Morgan fingerprint density at radius 1 is 1.44 bits per heavy atom. The highest BCUT2D eigenvalue weighted by molar-refractivity contribution is 6.33. The van der Waals surface area contributed by atoms with E-state index in [4.69, 9.17) is 21.4 Å². The Labute approximate surface area is 110 Å². The van der Waals surface area contributed by atoms with Gasteiger partial charge in [-0.05, 0) is 24.6 Å². The first kappa shape index (κ1) is 14.3. The summed E-state index contributed by atoms with van der Waals surface area (Å²) < 4.78 is 4.76. The molecular formula is C13H13ClO4. The van der Waals surface area contributed by atoms with Crippen LogP contribution < -0.4 is 0 Å². The van der Waals surface area contributed by atoms with Gasteiger partial charge in [0.15, 0.2) is 0 Å². The molecule has 0 saturated heterocycles. The third-order valence-corrected chi connectivity index (χ3v) is 2.44. The van der Waals surface area contributed by atoms with Gasteiger partial charge in [-0.3, -0.25) is 4.79 Å². The number of carboxylic acid groups (broad SMARTS) is 1. The van der Waals surface area contributed by atoms with Crippen LogP contribution in [0.4, 0.5) is 0 Å². The molecule has 0 spiro atoms. The quantitative estimate of drug-likeness (QED) is 0.834. The Kier molecular flexibility index (Phi) is 5.39. The van der Waals surface area contributed by atoms with Crippen LogP contribution in [0.2, 0.25) is 5.02 Å². The molecule has 0 unspecified atom stereocenters. The predicted molar refractivity (Wildman–Crippen MR) is 68.7 cm³/mol. The summed E-state index contributed by atoms with van der Waals surface area (Å²) in [5.41, 5.74) is 0.786. The van der Waals surface area contributed by atoms with Gasteiger partial charge in [0, 0.05) is 0 Å². The number of halogens is 1. The highest BCUT2D eigenvalue weighted by atomic mass is 35.5. The number of hydrogen-bond donors (Lipinski definition) is 1. The summed E-state index contributed by atoms with van der Waals surface area (Å²) in [6.45, 7) is 2.10. The molecule has 1 N–H and O–H groups in total. The van der Waals surface area contributed by atoms with Crippen molar-refractivity contribution in [2.45, 2.75) is 13.3 Å². The molecular weight excluding hydrogens is 256 g/mol. The van der Waals surface area contributed by atoms with Gasteiger partial charge in [0.05, 0.1) is 23.6 Å². The highest BCUT2D eigenvalue weighted by Gasteiger charge is 2.07. The van der Waals surface area contributed by atoms with E-state index in [1.165, 1.54) is 12.1 Å². The lowest BCUT2D eigenvalue weighted by atomic mass is 10.1. The molecule has 96 valence electrons. The summed E-state index contributed by atoms with van der Waals surface area (Å²) in [6.07, 6.45) is 3.50. The van der Waals surface area contributed by atoms with Crippen LogP contribution in [0.15, 0.2) is 24.3 Å². The number of benzene rings is 1. The van der Waals surface area contributed by atoms with E-state index in [2.05, 4.69) is 0 Å². The molecule has 1 aromatic rings. The zero-order chi connectivity index (χ0) is 13.5. The Bertz CT molecular complexity index is 480. The van der Waals surface area contributed by atoms with Crippen molar-refractivity contribution in [3.63, 3.8) is 0 Å². The van der Waals surface area contributed by atoms with Crippen LogP contribution in [0.5, 0.6) is 0 Å². The van der Waals surface area contributed by atoms with Gasteiger partial charge in [0.1, 0.15) is 0 Å². The Morgan fingerprint density at radius 3 is 2.72 bits per heavy atom. The van der Waals surface area contributed by atoms with Crippen LogP contribution in [0, 0.1) is 0 Å². The van der Waals surface area contributed by atoms with Crippen molar-refractivity contribution in [1.82, 2.24) is 0 Å². The second kappa shape index (κ2) is 6.81. The molecule has 0 atom stereocenters. The first-order chi connectivity index (χ1) is 8.54. The minimum absolute atomic E-state index is 0.0548. The molecule has 0 aliphatic carbocycles. The van der Waals surface area contributed by atoms with Crippen molar-refractivity contribution < 1.29 is 19.4 Å². The summed E-state index contributed by atoms with van der Waals surface area (Å²) in [4.78, 5) is 21.8. The number of ether oxygens (including phenoxy) is 1. The molecule has 0 aromatic heterocycles. The van der Waals surface area contributed by atoms with Gasteiger partial charge < -0.3 is 9.84 Å². The van der Waals surface area contributed by atoms with Gasteiger partial charge in [-0.25, -0.2) is 4.79 Å². The molecule has 0 amide bonds. The third-order valence-electron chi connectivity index (χ3n) is 2.12. The van der Waals surface area contributed by atoms with Crippen molar-refractivity contribution in [1.29, 1.82) is 0 Å². The van der Waals surface area contributed by atoms with Crippen LogP contribution in [0.25, 0.3) is 6.08 Å². The number of carboxylic acids is 1. The van der Waals surface area contributed by atoms with Crippen molar-refractivity contribution >= 4 is 29.6 Å². The molecule has 0 radical (unpaired) electrons. The number of aromatic carboxylic acids is 1. The number of rotatable bonds is 5. The minimum Gasteiger partial charge on any atom is -0.478 e. The maximum Gasteiger partial charge on any atom is 0.337 e. The Balaban J connectivity index is 2.69. The van der Waals surface area contributed by atoms with Crippen LogP contribution in [0.3, 0.4) is 0 Å². The van der Waals surface area contributed by atoms with Crippen LogP contribution in [-0.2, 0) is 9.53 Å². The molecule has 0 aliphatic rings. The molecule has 5 heteroatoms. The molecule has 0 saturated carbocycles. The van der Waals surface area contributed by atoms with Gasteiger partial charge in [-0.1, -0.05) is 29.8 Å². The number of carbonyl (C=O) groups is 2. The molecule has 0 aliphatic heterocycles. The number of hydrogen-bond acceptors (Lipinski definition) is 3. The van der Waals surface area contributed by atoms with Gasteiger partial charge in [-0.2, -0.15) is 0 Å². The molecule has 0 heterocycles. The minimum atomic E-state index is -1.07. The normalized spacial score (nSPS) is 10.6. The third kappa shape index (κ3) is 4.22. The standard InChI is InChI=1S/C13H13ClO4/c1-2-18-12(15)5-3-4-9-6-7-10(13(16)17)11(14)8-9/h3-4,6-8H,2,5H2,1H3,(H,16,17). The zero-order valence-electron chi connectivity index (χ0n) is 9.85. The topological polar surface area (TPSA) is 63.6 Å². The second-order valence-electron chi connectivity index (χ2n) is 3.46. The molecule has 1 rings (SSSR count). The molecule has 4 nitrogen and oxygen atoms in total. The van der Waals surface area contributed by atoms with E-state index in [0.29, 0.717) is 6.61 Å². The lowest BCUT2D eigenvalue weighted by Gasteiger charge is -2.00. The van der Waals surface area contributed by atoms with Crippen molar-refractivity contribution in [2.24, 2.45) is 0 Å². The Morgan fingerprint density at radius 2 is 2.17 bits per heavy atom. The maximum absolute atomic E-state index is 11.1. The summed E-state index contributed by atoms with van der Waals surface area (Å²) >= 11 is 5.81. The Hall–Kier alpha value is -1.81. The largest absolute Gasteiger partial charge is 0.478 e. The van der Waals surface area contributed by atoms with Crippen molar-refractivity contribution in [3.8, 4) is 0 Å². The smallest absolute Gasteiger partial charge is 0.337 e. The van der Waals surface area contributed by atoms with Crippen LogP contribution >= 0.6 is 11.6 Å². The van der Waals surface area contributed by atoms with Gasteiger partial charge in [0.25, 0.3) is 0 Å². The van der Waals surface area contributed by atoms with E-state index in [1.54, 1.807) is 25.1 Å². The van der Waals surface area contributed by atoms with Gasteiger partial charge >= 0.3 is 11.9 Å². The first-order valence-electron chi connectivity index (χ1n) is 5.39. The summed E-state index contributed by atoms with van der Waals surface area (Å²) in [7, 11) is 0. The monoisotopic (exact) mass is 268 g/mol. The van der Waals surface area contributed by atoms with Crippen molar-refractivity contribution in [3.05, 3.63) is 40.4 Å².